The summed E-state index contributed by atoms with van der Waals surface area (Å²) in [5.74, 6) is 0.694. The van der Waals surface area contributed by atoms with Crippen LogP contribution in [-0.4, -0.2) is 44.6 Å². The van der Waals surface area contributed by atoms with Crippen LogP contribution in [0, 0.1) is 12.8 Å². The third kappa shape index (κ3) is 4.12. The Morgan fingerprint density at radius 2 is 1.96 bits per heavy atom. The molecule has 1 amide bonds. The summed E-state index contributed by atoms with van der Waals surface area (Å²) in [7, 11) is -3.17. The molecule has 1 saturated carbocycles. The van der Waals surface area contributed by atoms with Crippen LogP contribution in [0.3, 0.4) is 0 Å². The molecule has 1 saturated heterocycles. The molecule has 5 nitrogen and oxygen atoms in total. The fourth-order valence-corrected chi connectivity index (χ4v) is 4.33. The Hall–Kier alpha value is -1.40. The summed E-state index contributed by atoms with van der Waals surface area (Å²) in [5, 5.41) is 0. The van der Waals surface area contributed by atoms with Gasteiger partial charge in [-0.05, 0) is 37.7 Å². The molecule has 126 valence electrons. The molecule has 2 fully saturated rings. The molecular formula is C17H24N2O3S. The Balaban J connectivity index is 1.53. The normalized spacial score (nSPS) is 25.4. The van der Waals surface area contributed by atoms with E-state index in [2.05, 4.69) is 29.8 Å². The van der Waals surface area contributed by atoms with Gasteiger partial charge in [-0.15, -0.1) is 0 Å². The van der Waals surface area contributed by atoms with E-state index in [1.807, 2.05) is 11.0 Å². The fourth-order valence-electron chi connectivity index (χ4n) is 3.49. The van der Waals surface area contributed by atoms with Crippen molar-refractivity contribution in [3.63, 3.8) is 0 Å². The van der Waals surface area contributed by atoms with Crippen molar-refractivity contribution in [2.24, 2.45) is 5.92 Å². The molecule has 0 bridgehead atoms. The predicted octanol–water partition coefficient (Wildman–Crippen LogP) is 1.64. The number of benzene rings is 1. The lowest BCUT2D eigenvalue weighted by Crippen LogP contribution is -2.46. The maximum Gasteiger partial charge on any atom is 0.226 e. The molecule has 1 N–H and O–H groups in total. The van der Waals surface area contributed by atoms with E-state index in [1.165, 1.54) is 17.4 Å². The number of aryl methyl sites for hydroxylation is 1. The third-order valence-electron chi connectivity index (χ3n) is 4.77. The minimum atomic E-state index is -3.17. The second-order valence-corrected chi connectivity index (χ2v) is 8.63. The minimum Gasteiger partial charge on any atom is -0.342 e. The molecule has 1 aromatic rings. The molecule has 1 aromatic carbocycles. The summed E-state index contributed by atoms with van der Waals surface area (Å²) in [5.41, 5.74) is 2.49. The van der Waals surface area contributed by atoms with E-state index in [4.69, 9.17) is 0 Å². The second kappa shape index (κ2) is 6.24. The molecule has 0 radical (unpaired) electrons. The van der Waals surface area contributed by atoms with E-state index in [-0.39, 0.29) is 17.9 Å². The van der Waals surface area contributed by atoms with Crippen LogP contribution in [0.5, 0.6) is 0 Å². The Labute approximate surface area is 138 Å². The monoisotopic (exact) mass is 336 g/mol. The molecule has 2 atom stereocenters. The van der Waals surface area contributed by atoms with Gasteiger partial charge in [-0.25, -0.2) is 13.1 Å². The van der Waals surface area contributed by atoms with E-state index in [0.717, 1.165) is 6.42 Å². The van der Waals surface area contributed by atoms with Crippen LogP contribution >= 0.6 is 0 Å². The van der Waals surface area contributed by atoms with Crippen LogP contribution in [0.15, 0.2) is 24.3 Å². The highest BCUT2D eigenvalue weighted by Gasteiger charge is 2.46. The number of likely N-dealkylation sites (tertiary alicyclic amines) is 1. The first-order chi connectivity index (χ1) is 10.8. The first-order valence-corrected chi connectivity index (χ1v) is 10.1. The van der Waals surface area contributed by atoms with Crippen molar-refractivity contribution in [1.29, 1.82) is 0 Å². The van der Waals surface area contributed by atoms with Crippen LogP contribution in [0.4, 0.5) is 0 Å². The lowest BCUT2D eigenvalue weighted by atomic mass is 10.0. The van der Waals surface area contributed by atoms with Crippen molar-refractivity contribution in [3.05, 3.63) is 35.4 Å². The number of hydrogen-bond acceptors (Lipinski definition) is 3. The van der Waals surface area contributed by atoms with Crippen LogP contribution in [-0.2, 0) is 14.8 Å². The summed E-state index contributed by atoms with van der Waals surface area (Å²) in [4.78, 5) is 14.5. The average Bonchev–Trinajstić information content (AvgIpc) is 3.26. The number of piperidine rings is 1. The highest BCUT2D eigenvalue weighted by Crippen LogP contribution is 2.48. The lowest BCUT2D eigenvalue weighted by molar-refractivity contribution is -0.133. The predicted molar refractivity (Wildman–Crippen MR) is 89.6 cm³/mol. The number of amides is 1. The fraction of sp³-hybridized carbons (Fsp3) is 0.588. The van der Waals surface area contributed by atoms with E-state index in [0.29, 0.717) is 31.8 Å². The molecular weight excluding hydrogens is 312 g/mol. The van der Waals surface area contributed by atoms with E-state index in [9.17, 15) is 13.2 Å². The smallest absolute Gasteiger partial charge is 0.226 e. The SMILES string of the molecule is Cc1cccc([C@@H]2C[C@H]2C(=O)N2CCC(NS(C)(=O)=O)CC2)c1. The number of carbonyl (C=O) groups excluding carboxylic acids is 1. The maximum absolute atomic E-state index is 12.6. The summed E-state index contributed by atoms with van der Waals surface area (Å²) >= 11 is 0. The summed E-state index contributed by atoms with van der Waals surface area (Å²) in [6.45, 7) is 3.36. The zero-order valence-corrected chi connectivity index (χ0v) is 14.5. The number of rotatable bonds is 4. The maximum atomic E-state index is 12.6. The van der Waals surface area contributed by atoms with Crippen molar-refractivity contribution < 1.29 is 13.2 Å². The first-order valence-electron chi connectivity index (χ1n) is 8.16. The number of carbonyl (C=O) groups is 1. The van der Waals surface area contributed by atoms with Gasteiger partial charge in [0, 0.05) is 25.0 Å². The Morgan fingerprint density at radius 3 is 2.57 bits per heavy atom. The van der Waals surface area contributed by atoms with Gasteiger partial charge < -0.3 is 4.90 Å². The van der Waals surface area contributed by atoms with Gasteiger partial charge in [0.25, 0.3) is 0 Å². The number of sulfonamides is 1. The standard InChI is InChI=1S/C17H24N2O3S/c1-12-4-3-5-13(10-12)15-11-16(15)17(20)19-8-6-14(7-9-19)18-23(2,21)22/h3-5,10,14-16,18H,6-9,11H2,1-2H3/t15-,16+/m0/s1. The van der Waals surface area contributed by atoms with Crippen molar-refractivity contribution in [2.75, 3.05) is 19.3 Å². The molecule has 0 unspecified atom stereocenters. The Morgan fingerprint density at radius 1 is 1.26 bits per heavy atom. The van der Waals surface area contributed by atoms with E-state index in [1.54, 1.807) is 0 Å². The lowest BCUT2D eigenvalue weighted by Gasteiger charge is -2.32. The van der Waals surface area contributed by atoms with Gasteiger partial charge in [-0.1, -0.05) is 29.8 Å². The molecule has 0 aromatic heterocycles. The van der Waals surface area contributed by atoms with Crippen molar-refractivity contribution >= 4 is 15.9 Å². The number of nitrogens with one attached hydrogen (secondary N) is 1. The zero-order chi connectivity index (χ0) is 16.6. The summed E-state index contributed by atoms with van der Waals surface area (Å²) in [6.07, 6.45) is 3.51. The van der Waals surface area contributed by atoms with Crippen molar-refractivity contribution in [1.82, 2.24) is 9.62 Å². The molecule has 0 spiro atoms. The van der Waals surface area contributed by atoms with Gasteiger partial charge in [-0.2, -0.15) is 0 Å². The third-order valence-corrected chi connectivity index (χ3v) is 5.53. The second-order valence-electron chi connectivity index (χ2n) is 6.85. The quantitative estimate of drug-likeness (QED) is 0.909. The number of hydrogen-bond donors (Lipinski definition) is 1. The molecule has 1 aliphatic carbocycles. The van der Waals surface area contributed by atoms with E-state index < -0.39 is 10.0 Å². The summed E-state index contributed by atoms with van der Waals surface area (Å²) < 4.78 is 25.2. The van der Waals surface area contributed by atoms with Crippen LogP contribution in [0.25, 0.3) is 0 Å². The van der Waals surface area contributed by atoms with Gasteiger partial charge in [-0.3, -0.25) is 4.79 Å². The topological polar surface area (TPSA) is 66.5 Å². The molecule has 1 heterocycles. The van der Waals surface area contributed by atoms with Crippen LogP contribution in [0.2, 0.25) is 0 Å². The van der Waals surface area contributed by atoms with Gasteiger partial charge >= 0.3 is 0 Å². The average molecular weight is 336 g/mol. The zero-order valence-electron chi connectivity index (χ0n) is 13.7. The molecule has 3 rings (SSSR count). The molecule has 1 aliphatic heterocycles. The van der Waals surface area contributed by atoms with E-state index >= 15 is 0 Å². The first kappa shape index (κ1) is 16.5. The largest absolute Gasteiger partial charge is 0.342 e. The van der Waals surface area contributed by atoms with Crippen LogP contribution < -0.4 is 4.72 Å². The van der Waals surface area contributed by atoms with Crippen LogP contribution in [0.1, 0.15) is 36.3 Å². The van der Waals surface area contributed by atoms with Crippen molar-refractivity contribution in [2.45, 2.75) is 38.1 Å². The van der Waals surface area contributed by atoms with Gasteiger partial charge in [0.15, 0.2) is 0 Å². The number of nitrogens with zero attached hydrogens (tertiary/aromatic N) is 1. The highest BCUT2D eigenvalue weighted by atomic mass is 32.2. The molecule has 23 heavy (non-hydrogen) atoms. The minimum absolute atomic E-state index is 0.0409. The summed E-state index contributed by atoms with van der Waals surface area (Å²) in [6, 6.07) is 8.35. The van der Waals surface area contributed by atoms with Crippen molar-refractivity contribution in [3.8, 4) is 0 Å². The Bertz CT molecular complexity index is 694. The van der Waals surface area contributed by atoms with Gasteiger partial charge in [0.1, 0.15) is 0 Å². The molecule has 6 heteroatoms. The molecule has 2 aliphatic rings. The highest BCUT2D eigenvalue weighted by molar-refractivity contribution is 7.88. The Kier molecular flexibility index (Phi) is 4.47. The van der Waals surface area contributed by atoms with Gasteiger partial charge in [0.2, 0.25) is 15.9 Å². The van der Waals surface area contributed by atoms with Gasteiger partial charge in [0.05, 0.1) is 6.26 Å².